The van der Waals surface area contributed by atoms with Gasteiger partial charge in [0, 0.05) is 0 Å². The zero-order chi connectivity index (χ0) is 13.0. The lowest BCUT2D eigenvalue weighted by Crippen LogP contribution is -2.04. The highest BCUT2D eigenvalue weighted by Crippen LogP contribution is 2.36. The Labute approximate surface area is 107 Å². The largest absolute Gasteiger partial charge is 0.496 e. The standard InChI is InChI=1S/C15H16O3/c1-17-12-9-6-10-13(18-2)14(12)15(16)11-7-4-3-5-8-11/h3-10,15-16H,1-2H3/t15-/m0/s1. The molecule has 0 heterocycles. The van der Waals surface area contributed by atoms with Crippen molar-refractivity contribution in [2.75, 3.05) is 14.2 Å². The summed E-state index contributed by atoms with van der Waals surface area (Å²) >= 11 is 0. The van der Waals surface area contributed by atoms with Crippen LogP contribution in [0.2, 0.25) is 0 Å². The summed E-state index contributed by atoms with van der Waals surface area (Å²) < 4.78 is 10.6. The molecule has 3 heteroatoms. The van der Waals surface area contributed by atoms with Crippen LogP contribution in [0.15, 0.2) is 48.5 Å². The molecule has 0 aliphatic heterocycles. The molecule has 94 valence electrons. The molecule has 0 spiro atoms. The van der Waals surface area contributed by atoms with Gasteiger partial charge in [-0.25, -0.2) is 0 Å². The molecule has 0 aliphatic carbocycles. The maximum Gasteiger partial charge on any atom is 0.128 e. The van der Waals surface area contributed by atoms with Gasteiger partial charge in [0.1, 0.15) is 17.6 Å². The second-order valence-corrected chi connectivity index (χ2v) is 3.89. The Morgan fingerprint density at radius 1 is 0.833 bits per heavy atom. The molecule has 2 aromatic rings. The maximum absolute atomic E-state index is 10.5. The number of aliphatic hydroxyl groups is 1. The predicted molar refractivity (Wildman–Crippen MR) is 70.0 cm³/mol. The van der Waals surface area contributed by atoms with Crippen molar-refractivity contribution in [3.05, 3.63) is 59.7 Å². The highest BCUT2D eigenvalue weighted by Gasteiger charge is 2.19. The third-order valence-electron chi connectivity index (χ3n) is 2.85. The molecule has 0 aliphatic rings. The van der Waals surface area contributed by atoms with E-state index in [4.69, 9.17) is 9.47 Å². The lowest BCUT2D eigenvalue weighted by Gasteiger charge is -2.18. The van der Waals surface area contributed by atoms with Crippen LogP contribution in [0.1, 0.15) is 17.2 Å². The first-order valence-corrected chi connectivity index (χ1v) is 5.71. The van der Waals surface area contributed by atoms with E-state index in [1.54, 1.807) is 14.2 Å². The lowest BCUT2D eigenvalue weighted by atomic mass is 10.00. The molecule has 0 bridgehead atoms. The van der Waals surface area contributed by atoms with E-state index in [9.17, 15) is 5.11 Å². The third-order valence-corrected chi connectivity index (χ3v) is 2.85. The van der Waals surface area contributed by atoms with Crippen molar-refractivity contribution in [2.24, 2.45) is 0 Å². The van der Waals surface area contributed by atoms with E-state index in [1.165, 1.54) is 0 Å². The smallest absolute Gasteiger partial charge is 0.128 e. The summed E-state index contributed by atoms with van der Waals surface area (Å²) in [7, 11) is 3.16. The van der Waals surface area contributed by atoms with Crippen LogP contribution in [0, 0.1) is 0 Å². The minimum Gasteiger partial charge on any atom is -0.496 e. The van der Waals surface area contributed by atoms with Gasteiger partial charge in [-0.2, -0.15) is 0 Å². The van der Waals surface area contributed by atoms with E-state index in [2.05, 4.69) is 0 Å². The molecule has 2 rings (SSSR count). The predicted octanol–water partition coefficient (Wildman–Crippen LogP) is 2.79. The van der Waals surface area contributed by atoms with E-state index in [1.807, 2.05) is 48.5 Å². The van der Waals surface area contributed by atoms with Crippen molar-refractivity contribution >= 4 is 0 Å². The molecular weight excluding hydrogens is 228 g/mol. The van der Waals surface area contributed by atoms with E-state index < -0.39 is 6.10 Å². The second-order valence-electron chi connectivity index (χ2n) is 3.89. The molecule has 1 atom stereocenters. The normalized spacial score (nSPS) is 11.9. The fourth-order valence-corrected chi connectivity index (χ4v) is 1.95. The number of methoxy groups -OCH3 is 2. The molecule has 0 aromatic heterocycles. The van der Waals surface area contributed by atoms with E-state index in [0.29, 0.717) is 17.1 Å². The monoisotopic (exact) mass is 244 g/mol. The molecule has 0 saturated carbocycles. The molecule has 0 fully saturated rings. The van der Waals surface area contributed by atoms with Gasteiger partial charge in [0.25, 0.3) is 0 Å². The number of aliphatic hydroxyl groups excluding tert-OH is 1. The Balaban J connectivity index is 2.49. The molecule has 0 unspecified atom stereocenters. The summed E-state index contributed by atoms with van der Waals surface area (Å²) in [5, 5.41) is 10.5. The number of hydrogen-bond acceptors (Lipinski definition) is 3. The van der Waals surface area contributed by atoms with E-state index in [-0.39, 0.29) is 0 Å². The van der Waals surface area contributed by atoms with Gasteiger partial charge in [-0.05, 0) is 17.7 Å². The van der Waals surface area contributed by atoms with Crippen LogP contribution in [0.4, 0.5) is 0 Å². The van der Waals surface area contributed by atoms with Crippen LogP contribution in [0.3, 0.4) is 0 Å². The molecule has 1 N–H and O–H groups in total. The van der Waals surface area contributed by atoms with Gasteiger partial charge in [-0.15, -0.1) is 0 Å². The zero-order valence-electron chi connectivity index (χ0n) is 10.5. The van der Waals surface area contributed by atoms with Crippen LogP contribution in [-0.4, -0.2) is 19.3 Å². The summed E-state index contributed by atoms with van der Waals surface area (Å²) in [5.74, 6) is 1.23. The first-order valence-electron chi connectivity index (χ1n) is 5.71. The Morgan fingerprint density at radius 3 is 1.89 bits per heavy atom. The Bertz CT molecular complexity index is 486. The van der Waals surface area contributed by atoms with Crippen molar-refractivity contribution in [2.45, 2.75) is 6.10 Å². The summed E-state index contributed by atoms with van der Waals surface area (Å²) in [6, 6.07) is 14.9. The van der Waals surface area contributed by atoms with Gasteiger partial charge in [-0.3, -0.25) is 0 Å². The SMILES string of the molecule is COc1cccc(OC)c1[C@@H](O)c1ccccc1. The lowest BCUT2D eigenvalue weighted by molar-refractivity contribution is 0.209. The molecular formula is C15H16O3. The third kappa shape index (κ3) is 2.31. The van der Waals surface area contributed by atoms with Crippen molar-refractivity contribution in [1.82, 2.24) is 0 Å². The second kappa shape index (κ2) is 5.56. The fourth-order valence-electron chi connectivity index (χ4n) is 1.95. The van der Waals surface area contributed by atoms with Gasteiger partial charge in [-0.1, -0.05) is 36.4 Å². The average Bonchev–Trinajstić information content (AvgIpc) is 2.46. The van der Waals surface area contributed by atoms with Crippen molar-refractivity contribution in [1.29, 1.82) is 0 Å². The Hall–Kier alpha value is -2.00. The van der Waals surface area contributed by atoms with Gasteiger partial charge in [0.05, 0.1) is 19.8 Å². The molecule has 0 radical (unpaired) electrons. The molecule has 3 nitrogen and oxygen atoms in total. The first kappa shape index (κ1) is 12.5. The maximum atomic E-state index is 10.5. The quantitative estimate of drug-likeness (QED) is 0.898. The first-order chi connectivity index (χ1) is 8.77. The van der Waals surface area contributed by atoms with Gasteiger partial charge in [0.2, 0.25) is 0 Å². The van der Waals surface area contributed by atoms with Crippen molar-refractivity contribution in [3.8, 4) is 11.5 Å². The average molecular weight is 244 g/mol. The van der Waals surface area contributed by atoms with Crippen LogP contribution in [0.25, 0.3) is 0 Å². The minimum atomic E-state index is -0.766. The van der Waals surface area contributed by atoms with Gasteiger partial charge in [0.15, 0.2) is 0 Å². The number of rotatable bonds is 4. The molecule has 2 aromatic carbocycles. The van der Waals surface area contributed by atoms with Gasteiger partial charge >= 0.3 is 0 Å². The number of ether oxygens (including phenoxy) is 2. The topological polar surface area (TPSA) is 38.7 Å². The molecule has 0 saturated heterocycles. The number of hydrogen-bond donors (Lipinski definition) is 1. The van der Waals surface area contributed by atoms with Crippen LogP contribution in [-0.2, 0) is 0 Å². The Kier molecular flexibility index (Phi) is 3.85. The van der Waals surface area contributed by atoms with Gasteiger partial charge < -0.3 is 14.6 Å². The zero-order valence-corrected chi connectivity index (χ0v) is 10.5. The molecule has 0 amide bonds. The summed E-state index contributed by atoms with van der Waals surface area (Å²) in [6.07, 6.45) is -0.766. The van der Waals surface area contributed by atoms with Crippen LogP contribution in [0.5, 0.6) is 11.5 Å². The summed E-state index contributed by atoms with van der Waals surface area (Å²) in [6.45, 7) is 0. The highest BCUT2D eigenvalue weighted by molar-refractivity contribution is 5.49. The highest BCUT2D eigenvalue weighted by atomic mass is 16.5. The van der Waals surface area contributed by atoms with E-state index >= 15 is 0 Å². The number of benzene rings is 2. The van der Waals surface area contributed by atoms with E-state index in [0.717, 1.165) is 5.56 Å². The van der Waals surface area contributed by atoms with Crippen molar-refractivity contribution in [3.63, 3.8) is 0 Å². The van der Waals surface area contributed by atoms with Crippen molar-refractivity contribution < 1.29 is 14.6 Å². The minimum absolute atomic E-state index is 0.616. The van der Waals surface area contributed by atoms with Crippen LogP contribution < -0.4 is 9.47 Å². The Morgan fingerprint density at radius 2 is 1.39 bits per heavy atom. The fraction of sp³-hybridized carbons (Fsp3) is 0.200. The summed E-state index contributed by atoms with van der Waals surface area (Å²) in [5.41, 5.74) is 1.45. The van der Waals surface area contributed by atoms with Crippen LogP contribution >= 0.6 is 0 Å². The summed E-state index contributed by atoms with van der Waals surface area (Å²) in [4.78, 5) is 0. The molecule has 18 heavy (non-hydrogen) atoms.